The number of ketones is 1. The summed E-state index contributed by atoms with van der Waals surface area (Å²) < 4.78 is 0. The zero-order valence-corrected chi connectivity index (χ0v) is 18.4. The van der Waals surface area contributed by atoms with Gasteiger partial charge >= 0.3 is 0 Å². The maximum Gasteiger partial charge on any atom is 0.134 e. The zero-order chi connectivity index (χ0) is 21.2. The molecule has 2 nitrogen and oxygen atoms in total. The molecule has 0 fully saturated rings. The van der Waals surface area contributed by atoms with Crippen molar-refractivity contribution in [3.8, 4) is 0 Å². The number of rotatable bonds is 7. The van der Waals surface area contributed by atoms with Gasteiger partial charge in [-0.25, -0.2) is 0 Å². The first-order valence-corrected chi connectivity index (χ1v) is 10.7. The van der Waals surface area contributed by atoms with Gasteiger partial charge < -0.3 is 5.73 Å². The van der Waals surface area contributed by atoms with E-state index in [1.165, 1.54) is 33.4 Å². The van der Waals surface area contributed by atoms with Crippen molar-refractivity contribution in [1.29, 1.82) is 0 Å². The average molecular weight is 390 g/mol. The first kappa shape index (κ1) is 22.7. The van der Waals surface area contributed by atoms with Crippen LogP contribution in [-0.4, -0.2) is 5.78 Å². The lowest BCUT2D eigenvalue weighted by Gasteiger charge is -2.18. The highest BCUT2D eigenvalue weighted by Gasteiger charge is 2.20. The Morgan fingerprint density at radius 1 is 1.24 bits per heavy atom. The number of allylic oxidation sites excluding steroid dienone is 12. The summed E-state index contributed by atoms with van der Waals surface area (Å²) in [6, 6.07) is 0. The molecule has 0 aromatic heterocycles. The molecule has 154 valence electrons. The summed E-state index contributed by atoms with van der Waals surface area (Å²) in [7, 11) is 0. The van der Waals surface area contributed by atoms with Crippen LogP contribution in [0.4, 0.5) is 0 Å². The van der Waals surface area contributed by atoms with Crippen LogP contribution in [-0.2, 0) is 4.79 Å². The van der Waals surface area contributed by atoms with Crippen LogP contribution in [0.3, 0.4) is 0 Å². The van der Waals surface area contributed by atoms with Gasteiger partial charge in [0.2, 0.25) is 0 Å². The van der Waals surface area contributed by atoms with Gasteiger partial charge in [-0.2, -0.15) is 0 Å². The standard InChI is InChI=1S/C27H35NO/c1-5-6-7-8-9-24-14-20(2)16-26(18-24)27-13-11-23(15-21(3)19-28)10-12-25(27)17-22(4)29/h6-8,12-14,16,19,23H,5,10-11,15,17-18,28H2,1-4H3/b7-6-,21-19+. The summed E-state index contributed by atoms with van der Waals surface area (Å²) in [5.41, 5.74) is 16.5. The third-order valence-corrected chi connectivity index (χ3v) is 5.30. The van der Waals surface area contributed by atoms with Crippen LogP contribution >= 0.6 is 0 Å². The smallest absolute Gasteiger partial charge is 0.134 e. The van der Waals surface area contributed by atoms with E-state index in [0.29, 0.717) is 12.3 Å². The molecule has 29 heavy (non-hydrogen) atoms. The Labute approximate surface area is 176 Å². The third-order valence-electron chi connectivity index (χ3n) is 5.30. The third kappa shape index (κ3) is 7.40. The summed E-state index contributed by atoms with van der Waals surface area (Å²) in [6.07, 6.45) is 22.3. The molecule has 1 atom stereocenters. The fourth-order valence-corrected chi connectivity index (χ4v) is 3.92. The largest absolute Gasteiger partial charge is 0.405 e. The molecule has 2 aliphatic carbocycles. The second-order valence-corrected chi connectivity index (χ2v) is 8.19. The van der Waals surface area contributed by atoms with E-state index in [0.717, 1.165) is 32.1 Å². The number of carbonyl (C=O) groups is 1. The minimum atomic E-state index is 0.211. The van der Waals surface area contributed by atoms with Gasteiger partial charge in [0.05, 0.1) is 0 Å². The molecule has 0 aromatic rings. The summed E-state index contributed by atoms with van der Waals surface area (Å²) >= 11 is 0. The van der Waals surface area contributed by atoms with Crippen LogP contribution in [0.25, 0.3) is 0 Å². The molecule has 0 bridgehead atoms. The van der Waals surface area contributed by atoms with Gasteiger partial charge in [0.1, 0.15) is 5.78 Å². The van der Waals surface area contributed by atoms with E-state index in [9.17, 15) is 4.79 Å². The molecule has 2 N–H and O–H groups in total. The molecule has 0 saturated carbocycles. The summed E-state index contributed by atoms with van der Waals surface area (Å²) in [4.78, 5) is 11.9. The monoisotopic (exact) mass is 389 g/mol. The van der Waals surface area contributed by atoms with E-state index in [1.54, 1.807) is 13.1 Å². The van der Waals surface area contributed by atoms with Gasteiger partial charge in [-0.3, -0.25) is 4.79 Å². The number of hydrogen-bond acceptors (Lipinski definition) is 2. The Kier molecular flexibility index (Phi) is 8.96. The van der Waals surface area contributed by atoms with Gasteiger partial charge in [0.25, 0.3) is 0 Å². The fraction of sp³-hybridized carbons (Fsp3) is 0.407. The molecule has 0 spiro atoms. The molecule has 2 rings (SSSR count). The average Bonchev–Trinajstić information content (AvgIpc) is 2.86. The predicted molar refractivity (Wildman–Crippen MR) is 124 cm³/mol. The van der Waals surface area contributed by atoms with Crippen LogP contribution in [0.1, 0.15) is 66.2 Å². The molecule has 0 saturated heterocycles. The zero-order valence-electron chi connectivity index (χ0n) is 18.4. The molecule has 2 heteroatoms. The Morgan fingerprint density at radius 2 is 2.00 bits per heavy atom. The van der Waals surface area contributed by atoms with Crippen molar-refractivity contribution in [2.45, 2.75) is 66.2 Å². The first-order chi connectivity index (χ1) is 13.9. The lowest BCUT2D eigenvalue weighted by atomic mass is 9.86. The van der Waals surface area contributed by atoms with Gasteiger partial charge in [-0.1, -0.05) is 42.9 Å². The van der Waals surface area contributed by atoms with Crippen LogP contribution in [0.2, 0.25) is 0 Å². The maximum atomic E-state index is 11.9. The molecule has 0 amide bonds. The lowest BCUT2D eigenvalue weighted by molar-refractivity contribution is -0.116. The highest BCUT2D eigenvalue weighted by Crippen LogP contribution is 2.36. The topological polar surface area (TPSA) is 43.1 Å². The number of nitrogens with two attached hydrogens (primary N) is 1. The minimum Gasteiger partial charge on any atom is -0.405 e. The molecule has 1 unspecified atom stereocenters. The first-order valence-electron chi connectivity index (χ1n) is 10.7. The molecular weight excluding hydrogens is 354 g/mol. The highest BCUT2D eigenvalue weighted by atomic mass is 16.1. The Balaban J connectivity index is 2.34. The minimum absolute atomic E-state index is 0.211. The van der Waals surface area contributed by atoms with Crippen LogP contribution in [0.5, 0.6) is 0 Å². The maximum absolute atomic E-state index is 11.9. The van der Waals surface area contributed by atoms with Crippen LogP contribution in [0.15, 0.2) is 87.9 Å². The van der Waals surface area contributed by atoms with E-state index in [1.807, 2.05) is 6.08 Å². The molecule has 0 aliphatic heterocycles. The summed E-state index contributed by atoms with van der Waals surface area (Å²) in [6.45, 7) is 8.02. The Morgan fingerprint density at radius 3 is 2.69 bits per heavy atom. The fourth-order valence-electron chi connectivity index (χ4n) is 3.92. The predicted octanol–water partition coefficient (Wildman–Crippen LogP) is 6.81. The summed E-state index contributed by atoms with van der Waals surface area (Å²) in [5, 5.41) is 0. The second-order valence-electron chi connectivity index (χ2n) is 8.19. The van der Waals surface area contributed by atoms with Crippen molar-refractivity contribution < 1.29 is 4.79 Å². The van der Waals surface area contributed by atoms with E-state index in [2.05, 4.69) is 63.0 Å². The normalized spacial score (nSPS) is 20.3. The van der Waals surface area contributed by atoms with E-state index >= 15 is 0 Å². The van der Waals surface area contributed by atoms with E-state index in [-0.39, 0.29) is 5.78 Å². The van der Waals surface area contributed by atoms with Gasteiger partial charge in [-0.15, -0.1) is 5.73 Å². The van der Waals surface area contributed by atoms with Gasteiger partial charge in [-0.05, 0) is 98.6 Å². The summed E-state index contributed by atoms with van der Waals surface area (Å²) in [5.74, 6) is 0.742. The van der Waals surface area contributed by atoms with E-state index in [4.69, 9.17) is 5.73 Å². The van der Waals surface area contributed by atoms with Crippen LogP contribution in [0, 0.1) is 5.92 Å². The number of carbonyl (C=O) groups excluding carboxylic acids is 1. The van der Waals surface area contributed by atoms with Crippen molar-refractivity contribution in [3.63, 3.8) is 0 Å². The van der Waals surface area contributed by atoms with Crippen molar-refractivity contribution in [2.24, 2.45) is 11.7 Å². The van der Waals surface area contributed by atoms with Crippen molar-refractivity contribution >= 4 is 5.78 Å². The quantitative estimate of drug-likeness (QED) is 0.384. The molecule has 0 aromatic carbocycles. The number of Topliss-reactive ketones (excluding diaryl/α,β-unsaturated/α-hetero) is 1. The molecule has 2 aliphatic rings. The van der Waals surface area contributed by atoms with Crippen molar-refractivity contribution in [3.05, 3.63) is 87.9 Å². The van der Waals surface area contributed by atoms with Crippen LogP contribution < -0.4 is 5.73 Å². The van der Waals surface area contributed by atoms with Gasteiger partial charge in [0, 0.05) is 12.8 Å². The highest BCUT2D eigenvalue weighted by molar-refractivity contribution is 5.80. The second kappa shape index (κ2) is 11.4. The van der Waals surface area contributed by atoms with Gasteiger partial charge in [0.15, 0.2) is 0 Å². The Hall–Kier alpha value is -2.57. The molecule has 0 radical (unpaired) electrons. The SMILES string of the molecule is CC/C=C\C=C=C1C=C(C)C=C(C2=CCC(C/C(C)=C/N)CC=C2CC(C)=O)C1. The van der Waals surface area contributed by atoms with E-state index < -0.39 is 0 Å². The molecule has 0 heterocycles. The molecular formula is C27H35NO. The van der Waals surface area contributed by atoms with Crippen molar-refractivity contribution in [1.82, 2.24) is 0 Å². The number of hydrogen-bond donors (Lipinski definition) is 1. The van der Waals surface area contributed by atoms with Crippen molar-refractivity contribution in [2.75, 3.05) is 0 Å². The Bertz CT molecular complexity index is 864. The lowest BCUT2D eigenvalue weighted by Crippen LogP contribution is -2.03.